The van der Waals surface area contributed by atoms with Crippen LogP contribution in [0.15, 0.2) is 18.6 Å². The van der Waals surface area contributed by atoms with Gasteiger partial charge in [0, 0.05) is 56.5 Å². The van der Waals surface area contributed by atoms with E-state index < -0.39 is 0 Å². The summed E-state index contributed by atoms with van der Waals surface area (Å²) < 4.78 is 12.1. The van der Waals surface area contributed by atoms with E-state index in [9.17, 15) is 4.79 Å². The first-order chi connectivity index (χ1) is 14.7. The molecule has 3 saturated heterocycles. The molecule has 3 fully saturated rings. The minimum absolute atomic E-state index is 0.0184. The Labute approximate surface area is 184 Å². The fourth-order valence-corrected chi connectivity index (χ4v) is 6.09. The number of hydrogen-bond acceptors (Lipinski definition) is 8. The normalized spacial score (nSPS) is 26.4. The number of rotatable bonds is 4. The van der Waals surface area contributed by atoms with Gasteiger partial charge in [0.2, 0.25) is 5.91 Å². The lowest BCUT2D eigenvalue weighted by molar-refractivity contribution is -0.145. The van der Waals surface area contributed by atoms with Gasteiger partial charge in [-0.3, -0.25) is 14.6 Å². The molecule has 2 aromatic heterocycles. The Morgan fingerprint density at radius 3 is 2.80 bits per heavy atom. The number of morpholine rings is 1. The van der Waals surface area contributed by atoms with Crippen LogP contribution in [-0.2, 0) is 14.3 Å². The predicted molar refractivity (Wildman–Crippen MR) is 114 cm³/mol. The molecule has 2 atom stereocenters. The molecule has 1 amide bonds. The topological polar surface area (TPSA) is 71.0 Å². The van der Waals surface area contributed by atoms with Crippen LogP contribution in [0.3, 0.4) is 0 Å². The van der Waals surface area contributed by atoms with Crippen LogP contribution in [0.4, 0.5) is 0 Å². The van der Waals surface area contributed by atoms with Crippen molar-refractivity contribution in [2.24, 2.45) is 0 Å². The number of alkyl halides is 1. The molecule has 8 nitrogen and oxygen atoms in total. The van der Waals surface area contributed by atoms with Crippen molar-refractivity contribution in [1.29, 1.82) is 0 Å². The summed E-state index contributed by atoms with van der Waals surface area (Å²) in [6, 6.07) is 2.43. The van der Waals surface area contributed by atoms with E-state index in [1.807, 2.05) is 6.20 Å². The van der Waals surface area contributed by atoms with Crippen LogP contribution in [0.5, 0.6) is 0 Å². The Bertz CT molecular complexity index is 859. The molecule has 0 spiro atoms. The van der Waals surface area contributed by atoms with Gasteiger partial charge in [0.05, 0.1) is 29.5 Å². The smallest absolute Gasteiger partial charge is 0.237 e. The molecular weight excluding hydrogens is 426 g/mol. The van der Waals surface area contributed by atoms with Crippen LogP contribution in [0.1, 0.15) is 23.9 Å². The van der Waals surface area contributed by atoms with Crippen molar-refractivity contribution in [3.05, 3.63) is 23.5 Å². The summed E-state index contributed by atoms with van der Waals surface area (Å²) >= 11 is 8.02. The minimum atomic E-state index is -0.338. The average molecular weight is 452 g/mol. The van der Waals surface area contributed by atoms with E-state index in [2.05, 4.69) is 30.7 Å². The third-order valence-corrected chi connectivity index (χ3v) is 7.50. The zero-order valence-electron chi connectivity index (χ0n) is 16.8. The Morgan fingerprint density at radius 2 is 2.03 bits per heavy atom. The van der Waals surface area contributed by atoms with Crippen LogP contribution < -0.4 is 0 Å². The Kier molecular flexibility index (Phi) is 6.17. The largest absolute Gasteiger partial charge is 0.381 e. The Hall–Kier alpha value is -1.36. The molecule has 0 aliphatic carbocycles. The first kappa shape index (κ1) is 20.5. The van der Waals surface area contributed by atoms with Crippen LogP contribution >= 0.6 is 22.9 Å². The number of halogens is 1. The van der Waals surface area contributed by atoms with Gasteiger partial charge in [-0.2, -0.15) is 0 Å². The summed E-state index contributed by atoms with van der Waals surface area (Å²) in [4.78, 5) is 29.5. The molecule has 30 heavy (non-hydrogen) atoms. The Morgan fingerprint density at radius 1 is 1.17 bits per heavy atom. The van der Waals surface area contributed by atoms with E-state index in [1.165, 1.54) is 4.88 Å². The van der Waals surface area contributed by atoms with Gasteiger partial charge in [0.25, 0.3) is 0 Å². The lowest BCUT2D eigenvalue weighted by atomic mass is 10.1. The number of piperazine rings is 1. The summed E-state index contributed by atoms with van der Waals surface area (Å²) in [5, 5.41) is 0. The monoisotopic (exact) mass is 451 g/mol. The van der Waals surface area contributed by atoms with Crippen molar-refractivity contribution < 1.29 is 14.3 Å². The number of fused-ring (bicyclic) bond motifs is 1. The fraction of sp³-hybridized carbons (Fsp3) is 0.650. The molecule has 10 heteroatoms. The molecule has 0 radical (unpaired) electrons. The fourth-order valence-electron chi connectivity index (χ4n) is 4.67. The molecule has 5 rings (SSSR count). The van der Waals surface area contributed by atoms with E-state index in [-0.39, 0.29) is 17.6 Å². The number of thiophene rings is 1. The standard InChI is InChI=1S/C20H26ClN5O3S/c21-18-11-25(5-8-29-18)20(16-9-15-17(30-16)10-22-13-23-15)24-3-4-26(19(27)12-24)14-1-6-28-7-2-14/h9-10,13-14,18,20H,1-8,11-12H2. The summed E-state index contributed by atoms with van der Waals surface area (Å²) in [5.74, 6) is 0.203. The highest BCUT2D eigenvalue weighted by atomic mass is 35.5. The maximum Gasteiger partial charge on any atom is 0.237 e. The van der Waals surface area contributed by atoms with E-state index in [4.69, 9.17) is 21.1 Å². The quantitative estimate of drug-likeness (QED) is 0.657. The van der Waals surface area contributed by atoms with Gasteiger partial charge < -0.3 is 14.4 Å². The van der Waals surface area contributed by atoms with Crippen molar-refractivity contribution in [3.8, 4) is 0 Å². The van der Waals surface area contributed by atoms with Gasteiger partial charge in [0.15, 0.2) is 0 Å². The second-order valence-corrected chi connectivity index (χ2v) is 9.57. The number of carbonyl (C=O) groups excluding carboxylic acids is 1. The predicted octanol–water partition coefficient (Wildman–Crippen LogP) is 1.91. The SMILES string of the molecule is O=C1CN(C(c2cc3ncncc3s2)N2CCOC(Cl)C2)CCN1C1CCOCC1. The maximum absolute atomic E-state index is 13.1. The van der Waals surface area contributed by atoms with E-state index in [0.717, 1.165) is 55.9 Å². The molecular formula is C20H26ClN5O3S. The number of aromatic nitrogens is 2. The molecule has 0 N–H and O–H groups in total. The van der Waals surface area contributed by atoms with Crippen molar-refractivity contribution in [3.63, 3.8) is 0 Å². The molecule has 5 heterocycles. The van der Waals surface area contributed by atoms with Gasteiger partial charge in [-0.15, -0.1) is 11.3 Å². The lowest BCUT2D eigenvalue weighted by Gasteiger charge is -2.46. The van der Waals surface area contributed by atoms with Crippen molar-refractivity contribution in [2.75, 3.05) is 52.5 Å². The molecule has 2 aromatic rings. The molecule has 0 bridgehead atoms. The third-order valence-electron chi connectivity index (χ3n) is 6.13. The average Bonchev–Trinajstić information content (AvgIpc) is 3.18. The van der Waals surface area contributed by atoms with Crippen LogP contribution in [0, 0.1) is 0 Å². The van der Waals surface area contributed by atoms with Crippen molar-refractivity contribution >= 4 is 39.1 Å². The number of nitrogens with zero attached hydrogens (tertiary/aromatic N) is 5. The van der Waals surface area contributed by atoms with E-state index in [1.54, 1.807) is 17.7 Å². The van der Waals surface area contributed by atoms with Crippen LogP contribution in [0.2, 0.25) is 0 Å². The highest BCUT2D eigenvalue weighted by Crippen LogP contribution is 2.36. The summed E-state index contributed by atoms with van der Waals surface area (Å²) in [7, 11) is 0. The molecule has 2 unspecified atom stereocenters. The van der Waals surface area contributed by atoms with Gasteiger partial charge in [-0.05, 0) is 18.9 Å². The highest BCUT2D eigenvalue weighted by Gasteiger charge is 2.38. The molecule has 3 aliphatic heterocycles. The van der Waals surface area contributed by atoms with Crippen molar-refractivity contribution in [2.45, 2.75) is 30.6 Å². The molecule has 162 valence electrons. The lowest BCUT2D eigenvalue weighted by Crippen LogP contribution is -2.58. The van der Waals surface area contributed by atoms with Crippen LogP contribution in [0.25, 0.3) is 10.2 Å². The molecule has 0 saturated carbocycles. The first-order valence-corrected chi connectivity index (χ1v) is 11.7. The van der Waals surface area contributed by atoms with Crippen LogP contribution in [-0.4, -0.2) is 94.7 Å². The molecule has 3 aliphatic rings. The van der Waals surface area contributed by atoms with E-state index in [0.29, 0.717) is 25.7 Å². The number of amides is 1. The minimum Gasteiger partial charge on any atom is -0.381 e. The zero-order valence-corrected chi connectivity index (χ0v) is 18.4. The summed E-state index contributed by atoms with van der Waals surface area (Å²) in [5.41, 5.74) is 0.604. The number of ether oxygens (including phenoxy) is 2. The third kappa shape index (κ3) is 4.19. The first-order valence-electron chi connectivity index (χ1n) is 10.5. The van der Waals surface area contributed by atoms with Crippen molar-refractivity contribution in [1.82, 2.24) is 24.7 Å². The van der Waals surface area contributed by atoms with E-state index >= 15 is 0 Å². The van der Waals surface area contributed by atoms with Gasteiger partial charge in [-0.1, -0.05) is 11.6 Å². The zero-order chi connectivity index (χ0) is 20.5. The van der Waals surface area contributed by atoms with Gasteiger partial charge in [0.1, 0.15) is 11.9 Å². The maximum atomic E-state index is 13.1. The van der Waals surface area contributed by atoms with Gasteiger partial charge in [-0.25, -0.2) is 9.97 Å². The second-order valence-electron chi connectivity index (χ2n) is 7.97. The van der Waals surface area contributed by atoms with Gasteiger partial charge >= 0.3 is 0 Å². The number of carbonyl (C=O) groups is 1. The molecule has 0 aromatic carbocycles. The highest BCUT2D eigenvalue weighted by molar-refractivity contribution is 7.19. The summed E-state index contributed by atoms with van der Waals surface area (Å²) in [6.07, 6.45) is 5.28. The summed E-state index contributed by atoms with van der Waals surface area (Å²) in [6.45, 7) is 5.47. The number of hydrogen-bond donors (Lipinski definition) is 0. The Balaban J connectivity index is 1.39. The second kappa shape index (κ2) is 9.02.